The van der Waals surface area contributed by atoms with Crippen molar-refractivity contribution in [1.29, 1.82) is 0 Å². The van der Waals surface area contributed by atoms with Gasteiger partial charge in [0.2, 0.25) is 0 Å². The fraction of sp³-hybridized carbons (Fsp3) is 0.316. The van der Waals surface area contributed by atoms with Crippen molar-refractivity contribution in [2.45, 2.75) is 20.3 Å². The molecule has 2 aromatic carbocycles. The number of halogens is 1. The van der Waals surface area contributed by atoms with Crippen LogP contribution in [0.1, 0.15) is 16.7 Å². The fourth-order valence-electron chi connectivity index (χ4n) is 2.63. The summed E-state index contributed by atoms with van der Waals surface area (Å²) in [6, 6.07) is 11.8. The summed E-state index contributed by atoms with van der Waals surface area (Å²) in [7, 11) is 3.21. The summed E-state index contributed by atoms with van der Waals surface area (Å²) in [5, 5.41) is 3.08. The molecule has 6 heteroatoms. The van der Waals surface area contributed by atoms with Gasteiger partial charge in [-0.25, -0.2) is 0 Å². The van der Waals surface area contributed by atoms with E-state index in [4.69, 9.17) is 15.2 Å². The van der Waals surface area contributed by atoms with Crippen molar-refractivity contribution >= 4 is 35.6 Å². The predicted octanol–water partition coefficient (Wildman–Crippen LogP) is 3.91. The number of nitrogens with zero attached hydrogens (tertiary/aromatic N) is 1. The van der Waals surface area contributed by atoms with Gasteiger partial charge in [-0.05, 0) is 49.1 Å². The average molecular weight is 455 g/mol. The minimum Gasteiger partial charge on any atom is -0.493 e. The van der Waals surface area contributed by atoms with Crippen LogP contribution in [-0.4, -0.2) is 26.7 Å². The van der Waals surface area contributed by atoms with Crippen LogP contribution in [0.4, 0.5) is 5.69 Å². The Labute approximate surface area is 166 Å². The number of rotatable bonds is 6. The lowest BCUT2D eigenvalue weighted by molar-refractivity contribution is 0.355. The molecule has 25 heavy (non-hydrogen) atoms. The number of guanidine groups is 1. The maximum atomic E-state index is 5.97. The number of benzene rings is 2. The quantitative estimate of drug-likeness (QED) is 0.394. The zero-order valence-electron chi connectivity index (χ0n) is 15.1. The first-order valence-corrected chi connectivity index (χ1v) is 7.89. The molecule has 136 valence electrons. The van der Waals surface area contributed by atoms with Crippen molar-refractivity contribution in [2.24, 2.45) is 10.7 Å². The standard InChI is InChI=1S/C19H25N3O2.HI/c1-13-6-5-7-14(2)16(13)10-11-21-19(20)22-15-8-9-17(23-3)18(12-15)24-4;/h5-9,12H,10-11H2,1-4H3,(H3,20,21,22);1H. The third-order valence-corrected chi connectivity index (χ3v) is 3.94. The minimum atomic E-state index is 0. The molecule has 0 fully saturated rings. The summed E-state index contributed by atoms with van der Waals surface area (Å²) in [5.41, 5.74) is 10.7. The summed E-state index contributed by atoms with van der Waals surface area (Å²) >= 11 is 0. The molecule has 5 nitrogen and oxygen atoms in total. The highest BCUT2D eigenvalue weighted by molar-refractivity contribution is 14.0. The van der Waals surface area contributed by atoms with Crippen molar-refractivity contribution in [1.82, 2.24) is 0 Å². The molecule has 0 unspecified atom stereocenters. The van der Waals surface area contributed by atoms with Crippen molar-refractivity contribution in [2.75, 3.05) is 26.1 Å². The van der Waals surface area contributed by atoms with Crippen LogP contribution in [-0.2, 0) is 6.42 Å². The molecule has 2 rings (SSSR count). The molecule has 0 atom stereocenters. The molecule has 0 aromatic heterocycles. The molecule has 0 amide bonds. The number of aliphatic imine (C=N–C) groups is 1. The molecule has 0 aliphatic heterocycles. The number of hydrogen-bond acceptors (Lipinski definition) is 3. The molecule has 0 radical (unpaired) electrons. The Balaban J connectivity index is 0.00000312. The SMILES string of the molecule is COc1ccc(NC(N)=NCCc2c(C)cccc2C)cc1OC.I. The van der Waals surface area contributed by atoms with Gasteiger partial charge in [-0.2, -0.15) is 0 Å². The third kappa shape index (κ3) is 5.81. The third-order valence-electron chi connectivity index (χ3n) is 3.94. The van der Waals surface area contributed by atoms with E-state index in [9.17, 15) is 0 Å². The Hall–Kier alpha value is -1.96. The van der Waals surface area contributed by atoms with Gasteiger partial charge in [-0.3, -0.25) is 4.99 Å². The van der Waals surface area contributed by atoms with Gasteiger partial charge < -0.3 is 20.5 Å². The van der Waals surface area contributed by atoms with Crippen LogP contribution in [0.15, 0.2) is 41.4 Å². The van der Waals surface area contributed by atoms with Gasteiger partial charge in [0.1, 0.15) is 0 Å². The Morgan fingerprint density at radius 1 is 1.04 bits per heavy atom. The van der Waals surface area contributed by atoms with E-state index in [-0.39, 0.29) is 24.0 Å². The lowest BCUT2D eigenvalue weighted by Crippen LogP contribution is -2.23. The van der Waals surface area contributed by atoms with Crippen molar-refractivity contribution in [3.63, 3.8) is 0 Å². The van der Waals surface area contributed by atoms with Gasteiger partial charge in [0.05, 0.1) is 14.2 Å². The summed E-state index contributed by atoms with van der Waals surface area (Å²) in [4.78, 5) is 4.41. The van der Waals surface area contributed by atoms with Crippen LogP contribution >= 0.6 is 24.0 Å². The molecule has 3 N–H and O–H groups in total. The van der Waals surface area contributed by atoms with Crippen LogP contribution in [0, 0.1) is 13.8 Å². The number of aryl methyl sites for hydroxylation is 2. The van der Waals surface area contributed by atoms with Crippen molar-refractivity contribution < 1.29 is 9.47 Å². The van der Waals surface area contributed by atoms with Crippen LogP contribution in [0.2, 0.25) is 0 Å². The highest BCUT2D eigenvalue weighted by Gasteiger charge is 2.05. The molecule has 0 aliphatic carbocycles. The highest BCUT2D eigenvalue weighted by Crippen LogP contribution is 2.29. The first-order valence-electron chi connectivity index (χ1n) is 7.89. The van der Waals surface area contributed by atoms with Gasteiger partial charge in [0.25, 0.3) is 0 Å². The van der Waals surface area contributed by atoms with Gasteiger partial charge in [-0.1, -0.05) is 18.2 Å². The molecular formula is C19H26IN3O2. The fourth-order valence-corrected chi connectivity index (χ4v) is 2.63. The number of nitrogens with one attached hydrogen (secondary N) is 1. The Morgan fingerprint density at radius 3 is 2.28 bits per heavy atom. The maximum absolute atomic E-state index is 5.97. The van der Waals surface area contributed by atoms with Crippen LogP contribution in [0.25, 0.3) is 0 Å². The van der Waals surface area contributed by atoms with E-state index in [2.05, 4.69) is 42.4 Å². The van der Waals surface area contributed by atoms with Crippen LogP contribution in [0.3, 0.4) is 0 Å². The topological polar surface area (TPSA) is 68.9 Å². The second kappa shape index (κ2) is 10.1. The molecule has 0 bridgehead atoms. The second-order valence-corrected chi connectivity index (χ2v) is 5.58. The molecule has 2 aromatic rings. The van der Waals surface area contributed by atoms with E-state index in [0.29, 0.717) is 24.0 Å². The number of ether oxygens (including phenoxy) is 2. The van der Waals surface area contributed by atoms with Crippen LogP contribution in [0.5, 0.6) is 11.5 Å². The lowest BCUT2D eigenvalue weighted by Gasteiger charge is -2.11. The normalized spacial score (nSPS) is 10.8. The molecular weight excluding hydrogens is 429 g/mol. The first kappa shape index (κ1) is 21.1. The van der Waals surface area contributed by atoms with Gasteiger partial charge in [-0.15, -0.1) is 24.0 Å². The molecule has 0 aliphatic rings. The minimum absolute atomic E-state index is 0. The number of hydrogen-bond donors (Lipinski definition) is 2. The summed E-state index contributed by atoms with van der Waals surface area (Å²) < 4.78 is 10.5. The molecule has 0 saturated heterocycles. The Kier molecular flexibility index (Phi) is 8.54. The van der Waals surface area contributed by atoms with Gasteiger partial charge in [0, 0.05) is 18.3 Å². The van der Waals surface area contributed by atoms with Gasteiger partial charge in [0.15, 0.2) is 17.5 Å². The maximum Gasteiger partial charge on any atom is 0.193 e. The van der Waals surface area contributed by atoms with E-state index in [1.807, 2.05) is 18.2 Å². The lowest BCUT2D eigenvalue weighted by atomic mass is 10.0. The van der Waals surface area contributed by atoms with Crippen molar-refractivity contribution in [3.05, 3.63) is 53.1 Å². The zero-order chi connectivity index (χ0) is 17.5. The average Bonchev–Trinajstić information content (AvgIpc) is 2.57. The number of anilines is 1. The molecule has 0 saturated carbocycles. The van der Waals surface area contributed by atoms with Crippen LogP contribution < -0.4 is 20.5 Å². The monoisotopic (exact) mass is 455 g/mol. The first-order chi connectivity index (χ1) is 11.5. The highest BCUT2D eigenvalue weighted by atomic mass is 127. The van der Waals surface area contributed by atoms with E-state index in [1.165, 1.54) is 16.7 Å². The zero-order valence-corrected chi connectivity index (χ0v) is 17.5. The molecule has 0 heterocycles. The van der Waals surface area contributed by atoms with Crippen molar-refractivity contribution in [3.8, 4) is 11.5 Å². The molecule has 0 spiro atoms. The van der Waals surface area contributed by atoms with E-state index < -0.39 is 0 Å². The van der Waals surface area contributed by atoms with E-state index in [0.717, 1.165) is 12.1 Å². The Bertz CT molecular complexity index is 712. The summed E-state index contributed by atoms with van der Waals surface area (Å²) in [6.45, 7) is 4.88. The summed E-state index contributed by atoms with van der Waals surface area (Å²) in [6.07, 6.45) is 0.868. The predicted molar refractivity (Wildman–Crippen MR) is 115 cm³/mol. The number of nitrogens with two attached hydrogens (primary N) is 1. The largest absolute Gasteiger partial charge is 0.493 e. The number of methoxy groups -OCH3 is 2. The Morgan fingerprint density at radius 2 is 1.68 bits per heavy atom. The van der Waals surface area contributed by atoms with Gasteiger partial charge >= 0.3 is 0 Å². The van der Waals surface area contributed by atoms with E-state index >= 15 is 0 Å². The van der Waals surface area contributed by atoms with E-state index in [1.54, 1.807) is 14.2 Å². The second-order valence-electron chi connectivity index (χ2n) is 5.58. The summed E-state index contributed by atoms with van der Waals surface area (Å²) in [5.74, 6) is 1.70. The smallest absolute Gasteiger partial charge is 0.193 e.